The van der Waals surface area contributed by atoms with Crippen molar-refractivity contribution in [3.05, 3.63) is 59.4 Å². The van der Waals surface area contributed by atoms with E-state index >= 15 is 0 Å². The van der Waals surface area contributed by atoms with Crippen molar-refractivity contribution in [1.29, 1.82) is 0 Å². The van der Waals surface area contributed by atoms with Crippen molar-refractivity contribution in [1.82, 2.24) is 0 Å². The number of hydrogen-bond donors (Lipinski definition) is 1. The number of nitrogens with zero attached hydrogens (tertiary/aromatic N) is 1. The van der Waals surface area contributed by atoms with Crippen molar-refractivity contribution in [2.45, 2.75) is 13.5 Å². The van der Waals surface area contributed by atoms with Gasteiger partial charge < -0.3 is 10.6 Å². The average molecular weight is 244 g/mol. The minimum atomic E-state index is -0.219. The first-order chi connectivity index (χ1) is 8.58. The molecule has 2 rings (SSSR count). The van der Waals surface area contributed by atoms with Gasteiger partial charge in [-0.1, -0.05) is 18.2 Å². The molecule has 2 nitrogen and oxygen atoms in total. The van der Waals surface area contributed by atoms with Crippen LogP contribution < -0.4 is 10.6 Å². The van der Waals surface area contributed by atoms with Gasteiger partial charge in [-0.3, -0.25) is 0 Å². The highest BCUT2D eigenvalue weighted by atomic mass is 19.1. The van der Waals surface area contributed by atoms with Crippen LogP contribution in [0.3, 0.4) is 0 Å². The number of halogens is 1. The maximum Gasteiger partial charge on any atom is 0.125 e. The van der Waals surface area contributed by atoms with Crippen LogP contribution in [0, 0.1) is 12.7 Å². The molecule has 3 heteroatoms. The van der Waals surface area contributed by atoms with E-state index in [1.165, 1.54) is 12.1 Å². The summed E-state index contributed by atoms with van der Waals surface area (Å²) in [6.07, 6.45) is 0. The monoisotopic (exact) mass is 244 g/mol. The molecule has 0 bridgehead atoms. The predicted molar refractivity (Wildman–Crippen MR) is 74.1 cm³/mol. The maximum absolute atomic E-state index is 13.2. The molecule has 0 aliphatic heterocycles. The maximum atomic E-state index is 13.2. The highest BCUT2D eigenvalue weighted by molar-refractivity contribution is 5.52. The lowest BCUT2D eigenvalue weighted by Crippen LogP contribution is -2.17. The van der Waals surface area contributed by atoms with Gasteiger partial charge in [0.25, 0.3) is 0 Å². The van der Waals surface area contributed by atoms with Gasteiger partial charge in [0, 0.05) is 25.0 Å². The summed E-state index contributed by atoms with van der Waals surface area (Å²) in [6, 6.07) is 12.5. The van der Waals surface area contributed by atoms with Crippen LogP contribution in [0.15, 0.2) is 42.5 Å². The minimum absolute atomic E-state index is 0.219. The van der Waals surface area contributed by atoms with Gasteiger partial charge in [0.1, 0.15) is 5.82 Å². The summed E-state index contributed by atoms with van der Waals surface area (Å²) in [5.41, 5.74) is 9.77. The molecule has 0 heterocycles. The van der Waals surface area contributed by atoms with Crippen LogP contribution in [0.2, 0.25) is 0 Å². The molecular weight excluding hydrogens is 227 g/mol. The molecule has 0 radical (unpaired) electrons. The third kappa shape index (κ3) is 2.62. The first-order valence-corrected chi connectivity index (χ1v) is 5.88. The van der Waals surface area contributed by atoms with Crippen LogP contribution in [0.4, 0.5) is 15.8 Å². The van der Waals surface area contributed by atoms with Crippen molar-refractivity contribution in [2.75, 3.05) is 17.7 Å². The third-order valence-electron chi connectivity index (χ3n) is 3.14. The van der Waals surface area contributed by atoms with Crippen LogP contribution in [0.5, 0.6) is 0 Å². The Morgan fingerprint density at radius 2 is 1.89 bits per heavy atom. The molecule has 2 N–H and O–H groups in total. The number of nitrogens with two attached hydrogens (primary N) is 1. The Hall–Kier alpha value is -2.03. The lowest BCUT2D eigenvalue weighted by atomic mass is 10.1. The van der Waals surface area contributed by atoms with Crippen molar-refractivity contribution in [2.24, 2.45) is 0 Å². The van der Waals surface area contributed by atoms with Gasteiger partial charge in [0.15, 0.2) is 0 Å². The summed E-state index contributed by atoms with van der Waals surface area (Å²) in [6.45, 7) is 2.71. The van der Waals surface area contributed by atoms with Gasteiger partial charge >= 0.3 is 0 Å². The molecule has 2 aromatic rings. The Balaban J connectivity index is 2.21. The zero-order chi connectivity index (χ0) is 13.1. The molecular formula is C15H17FN2. The van der Waals surface area contributed by atoms with Gasteiger partial charge in [0.2, 0.25) is 0 Å². The number of nitrogen functional groups attached to an aromatic ring is 1. The Labute approximate surface area is 107 Å². The molecule has 0 aromatic heterocycles. The lowest BCUT2D eigenvalue weighted by molar-refractivity contribution is 0.627. The zero-order valence-electron chi connectivity index (χ0n) is 10.7. The molecule has 0 aliphatic carbocycles. The second-order valence-corrected chi connectivity index (χ2v) is 4.47. The molecule has 0 spiro atoms. The van der Waals surface area contributed by atoms with E-state index in [9.17, 15) is 4.39 Å². The van der Waals surface area contributed by atoms with Crippen molar-refractivity contribution < 1.29 is 4.39 Å². The summed E-state index contributed by atoms with van der Waals surface area (Å²) in [5.74, 6) is -0.219. The molecule has 0 amide bonds. The van der Waals surface area contributed by atoms with Gasteiger partial charge in [-0.05, 0) is 42.3 Å². The predicted octanol–water partition coefficient (Wildman–Crippen LogP) is 3.35. The van der Waals surface area contributed by atoms with Crippen LogP contribution in [-0.4, -0.2) is 7.05 Å². The summed E-state index contributed by atoms with van der Waals surface area (Å²) in [4.78, 5) is 2.00. The topological polar surface area (TPSA) is 29.3 Å². The standard InChI is InChI=1S/C15H17FN2/c1-11-12(5-3-8-15(11)17)10-18(2)14-7-4-6-13(16)9-14/h3-9H,10,17H2,1-2H3. The molecule has 0 atom stereocenters. The summed E-state index contributed by atoms with van der Waals surface area (Å²) >= 11 is 0. The highest BCUT2D eigenvalue weighted by Gasteiger charge is 2.06. The summed E-state index contributed by atoms with van der Waals surface area (Å²) in [5, 5.41) is 0. The molecule has 0 aliphatic rings. The number of anilines is 2. The van der Waals surface area contributed by atoms with Crippen LogP contribution in [0.25, 0.3) is 0 Å². The lowest BCUT2D eigenvalue weighted by Gasteiger charge is -2.21. The first-order valence-electron chi connectivity index (χ1n) is 5.88. The molecule has 0 saturated heterocycles. The van der Waals surface area contributed by atoms with Gasteiger partial charge in [-0.2, -0.15) is 0 Å². The number of benzene rings is 2. The second-order valence-electron chi connectivity index (χ2n) is 4.47. The molecule has 0 unspecified atom stereocenters. The summed E-state index contributed by atoms with van der Waals surface area (Å²) < 4.78 is 13.2. The van der Waals surface area contributed by atoms with Crippen molar-refractivity contribution in [3.63, 3.8) is 0 Å². The highest BCUT2D eigenvalue weighted by Crippen LogP contribution is 2.20. The minimum Gasteiger partial charge on any atom is -0.399 e. The first kappa shape index (κ1) is 12.4. The van der Waals surface area contributed by atoms with E-state index < -0.39 is 0 Å². The summed E-state index contributed by atoms with van der Waals surface area (Å²) in [7, 11) is 1.94. The van der Waals surface area contributed by atoms with Gasteiger partial charge in [-0.15, -0.1) is 0 Å². The third-order valence-corrected chi connectivity index (χ3v) is 3.14. The fraction of sp³-hybridized carbons (Fsp3) is 0.200. The van der Waals surface area contributed by atoms with E-state index in [0.29, 0.717) is 6.54 Å². The quantitative estimate of drug-likeness (QED) is 0.839. The Morgan fingerprint density at radius 3 is 2.61 bits per heavy atom. The van der Waals surface area contributed by atoms with Gasteiger partial charge in [0.05, 0.1) is 0 Å². The molecule has 0 fully saturated rings. The van der Waals surface area contributed by atoms with E-state index in [1.807, 2.05) is 43.1 Å². The van der Waals surface area contributed by atoms with E-state index in [1.54, 1.807) is 6.07 Å². The Kier molecular flexibility index (Phi) is 3.51. The van der Waals surface area contributed by atoms with Crippen LogP contribution >= 0.6 is 0 Å². The smallest absolute Gasteiger partial charge is 0.125 e. The molecule has 18 heavy (non-hydrogen) atoms. The van der Waals surface area contributed by atoms with Crippen molar-refractivity contribution in [3.8, 4) is 0 Å². The fourth-order valence-electron chi connectivity index (χ4n) is 1.93. The fourth-order valence-corrected chi connectivity index (χ4v) is 1.93. The normalized spacial score (nSPS) is 10.4. The van der Waals surface area contributed by atoms with E-state index in [-0.39, 0.29) is 5.82 Å². The van der Waals surface area contributed by atoms with E-state index in [2.05, 4.69) is 0 Å². The van der Waals surface area contributed by atoms with E-state index in [0.717, 1.165) is 22.5 Å². The zero-order valence-corrected chi connectivity index (χ0v) is 10.7. The molecule has 0 saturated carbocycles. The van der Waals surface area contributed by atoms with Crippen LogP contribution in [-0.2, 0) is 6.54 Å². The van der Waals surface area contributed by atoms with Gasteiger partial charge in [-0.25, -0.2) is 4.39 Å². The SMILES string of the molecule is Cc1c(N)cccc1CN(C)c1cccc(F)c1. The Bertz CT molecular complexity index is 552. The van der Waals surface area contributed by atoms with Crippen molar-refractivity contribution >= 4 is 11.4 Å². The Morgan fingerprint density at radius 1 is 1.17 bits per heavy atom. The van der Waals surface area contributed by atoms with Crippen LogP contribution in [0.1, 0.15) is 11.1 Å². The van der Waals surface area contributed by atoms with E-state index in [4.69, 9.17) is 5.73 Å². The second kappa shape index (κ2) is 5.08. The molecule has 94 valence electrons. The largest absolute Gasteiger partial charge is 0.399 e. The average Bonchev–Trinajstić information content (AvgIpc) is 2.35. The number of rotatable bonds is 3. The number of hydrogen-bond acceptors (Lipinski definition) is 2. The molecule has 2 aromatic carbocycles.